The summed E-state index contributed by atoms with van der Waals surface area (Å²) in [5.41, 5.74) is 1.08. The summed E-state index contributed by atoms with van der Waals surface area (Å²) < 4.78 is 3.49. The van der Waals surface area contributed by atoms with Crippen LogP contribution in [-0.4, -0.2) is 58.9 Å². The molecule has 0 radical (unpaired) electrons. The van der Waals surface area contributed by atoms with Crippen LogP contribution in [0.15, 0.2) is 43.0 Å². The number of amides is 1. The van der Waals surface area contributed by atoms with E-state index in [4.69, 9.17) is 0 Å². The van der Waals surface area contributed by atoms with Crippen LogP contribution in [0, 0.1) is 0 Å². The number of carbonyl (C=O) groups excluding carboxylic acids is 1. The molecule has 1 aliphatic heterocycles. The molecule has 0 bridgehead atoms. The molecule has 3 aromatic rings. The lowest BCUT2D eigenvalue weighted by atomic mass is 9.95. The first kappa shape index (κ1) is 17.3. The van der Waals surface area contributed by atoms with Gasteiger partial charge >= 0.3 is 0 Å². The highest BCUT2D eigenvalue weighted by molar-refractivity contribution is 5.80. The molecule has 9 nitrogen and oxygen atoms in total. The molecule has 140 valence electrons. The summed E-state index contributed by atoms with van der Waals surface area (Å²) in [7, 11) is 1.94. The molecule has 3 heterocycles. The maximum Gasteiger partial charge on any atom is 0.247 e. The third-order valence-corrected chi connectivity index (χ3v) is 5.09. The van der Waals surface area contributed by atoms with Crippen molar-refractivity contribution < 1.29 is 4.79 Å². The topological polar surface area (TPSA) is 94.6 Å². The van der Waals surface area contributed by atoms with Gasteiger partial charge in [0.05, 0.1) is 0 Å². The molecule has 0 unspecified atom stereocenters. The fourth-order valence-corrected chi connectivity index (χ4v) is 3.70. The van der Waals surface area contributed by atoms with E-state index in [1.54, 1.807) is 11.0 Å². The number of rotatable bonds is 5. The molecule has 1 saturated heterocycles. The Morgan fingerprint density at radius 1 is 1.22 bits per heavy atom. The average Bonchev–Trinajstić information content (AvgIpc) is 3.38. The molecule has 9 heteroatoms. The van der Waals surface area contributed by atoms with Crippen LogP contribution in [0.4, 0.5) is 0 Å². The molecule has 0 saturated carbocycles. The van der Waals surface area contributed by atoms with Gasteiger partial charge in [0.15, 0.2) is 0 Å². The number of benzene rings is 1. The summed E-state index contributed by atoms with van der Waals surface area (Å²) in [6.45, 7) is 1.37. The van der Waals surface area contributed by atoms with Gasteiger partial charge in [-0.15, -0.1) is 15.3 Å². The quantitative estimate of drug-likeness (QED) is 0.668. The second kappa shape index (κ2) is 7.65. The van der Waals surface area contributed by atoms with Gasteiger partial charge in [-0.05, 0) is 28.8 Å². The minimum absolute atomic E-state index is 0.0398. The van der Waals surface area contributed by atoms with Gasteiger partial charge in [0, 0.05) is 32.5 Å². The molecule has 1 fully saturated rings. The molecule has 1 aromatic carbocycles. The second-order valence-electron chi connectivity index (χ2n) is 6.92. The predicted octanol–water partition coefficient (Wildman–Crippen LogP) is 0.992. The number of aryl methyl sites for hydroxylation is 1. The largest absolute Gasteiger partial charge is 0.340 e. The van der Waals surface area contributed by atoms with Gasteiger partial charge in [-0.1, -0.05) is 30.3 Å². The molecule has 1 amide bonds. The Labute approximate surface area is 157 Å². The molecule has 0 aliphatic carbocycles. The van der Waals surface area contributed by atoms with Crippen LogP contribution in [0.25, 0.3) is 0 Å². The number of nitrogens with zero attached hydrogens (tertiary/aromatic N) is 8. The lowest BCUT2D eigenvalue weighted by molar-refractivity contribution is -0.136. The SMILES string of the molecule is Cn1cnnc1[C@H]1CCCN(C(=O)[C@H](Cc2ccccc2)n2cnnn2)C1. The number of likely N-dealkylation sites (tertiary alicyclic amines) is 1. The van der Waals surface area contributed by atoms with E-state index in [0.717, 1.165) is 30.8 Å². The summed E-state index contributed by atoms with van der Waals surface area (Å²) in [5.74, 6) is 1.16. The highest BCUT2D eigenvalue weighted by atomic mass is 16.2. The number of hydrogen-bond donors (Lipinski definition) is 0. The van der Waals surface area contributed by atoms with Crippen LogP contribution in [0.3, 0.4) is 0 Å². The second-order valence-corrected chi connectivity index (χ2v) is 6.92. The van der Waals surface area contributed by atoms with Crippen LogP contribution in [0.1, 0.15) is 36.2 Å². The molecule has 0 N–H and O–H groups in total. The molecule has 27 heavy (non-hydrogen) atoms. The zero-order valence-corrected chi connectivity index (χ0v) is 15.2. The fraction of sp³-hybridized carbons (Fsp3) is 0.444. The number of tetrazole rings is 1. The number of aromatic nitrogens is 7. The Balaban J connectivity index is 1.55. The third-order valence-electron chi connectivity index (χ3n) is 5.09. The first-order valence-electron chi connectivity index (χ1n) is 9.11. The summed E-state index contributed by atoms with van der Waals surface area (Å²) >= 11 is 0. The summed E-state index contributed by atoms with van der Waals surface area (Å²) in [5, 5.41) is 19.6. The molecule has 1 aliphatic rings. The van der Waals surface area contributed by atoms with Gasteiger partial charge in [-0.25, -0.2) is 4.68 Å². The van der Waals surface area contributed by atoms with E-state index in [0.29, 0.717) is 13.0 Å². The molecule has 0 spiro atoms. The van der Waals surface area contributed by atoms with Crippen molar-refractivity contribution in [2.45, 2.75) is 31.2 Å². The van der Waals surface area contributed by atoms with Gasteiger partial charge in [0.2, 0.25) is 5.91 Å². The van der Waals surface area contributed by atoms with Crippen molar-refractivity contribution in [2.24, 2.45) is 7.05 Å². The van der Waals surface area contributed by atoms with E-state index < -0.39 is 6.04 Å². The minimum atomic E-state index is -0.458. The molecule has 2 atom stereocenters. The Hall–Kier alpha value is -3.10. The highest BCUT2D eigenvalue weighted by Gasteiger charge is 2.32. The van der Waals surface area contributed by atoms with E-state index in [2.05, 4.69) is 25.7 Å². The third kappa shape index (κ3) is 3.71. The Morgan fingerprint density at radius 3 is 2.78 bits per heavy atom. The van der Waals surface area contributed by atoms with E-state index in [1.807, 2.05) is 46.8 Å². The zero-order chi connectivity index (χ0) is 18.6. The minimum Gasteiger partial charge on any atom is -0.340 e. The normalized spacial score (nSPS) is 18.4. The van der Waals surface area contributed by atoms with Crippen molar-refractivity contribution >= 4 is 5.91 Å². The van der Waals surface area contributed by atoms with Crippen LogP contribution < -0.4 is 0 Å². The smallest absolute Gasteiger partial charge is 0.247 e. The van der Waals surface area contributed by atoms with Crippen LogP contribution in [0.2, 0.25) is 0 Å². The van der Waals surface area contributed by atoms with Crippen LogP contribution in [-0.2, 0) is 18.3 Å². The Morgan fingerprint density at radius 2 is 2.07 bits per heavy atom. The maximum atomic E-state index is 13.4. The lowest BCUT2D eigenvalue weighted by Gasteiger charge is -2.34. The van der Waals surface area contributed by atoms with Gasteiger partial charge in [0.25, 0.3) is 0 Å². The van der Waals surface area contributed by atoms with Crippen molar-refractivity contribution in [1.82, 2.24) is 39.9 Å². The van der Waals surface area contributed by atoms with Gasteiger partial charge in [-0.2, -0.15) is 0 Å². The van der Waals surface area contributed by atoms with E-state index in [-0.39, 0.29) is 11.8 Å². The summed E-state index contributed by atoms with van der Waals surface area (Å²) in [6.07, 6.45) is 5.71. The standard InChI is InChI=1S/C18H22N8O/c1-24-12-19-21-17(24)15-8-5-9-25(11-15)18(27)16(26-13-20-22-23-26)10-14-6-3-2-4-7-14/h2-4,6-7,12-13,15-16H,5,8-11H2,1H3/t15-,16-/m0/s1. The first-order chi connectivity index (χ1) is 13.2. The molecule has 4 rings (SSSR count). The Bertz CT molecular complexity index is 876. The van der Waals surface area contributed by atoms with Crippen molar-refractivity contribution in [1.29, 1.82) is 0 Å². The van der Waals surface area contributed by atoms with Crippen molar-refractivity contribution in [3.8, 4) is 0 Å². The van der Waals surface area contributed by atoms with Gasteiger partial charge < -0.3 is 9.47 Å². The summed E-state index contributed by atoms with van der Waals surface area (Å²) in [6, 6.07) is 9.49. The van der Waals surface area contributed by atoms with Crippen LogP contribution in [0.5, 0.6) is 0 Å². The number of piperidine rings is 1. The fourth-order valence-electron chi connectivity index (χ4n) is 3.70. The highest BCUT2D eigenvalue weighted by Crippen LogP contribution is 2.27. The van der Waals surface area contributed by atoms with E-state index in [1.165, 1.54) is 6.33 Å². The molecule has 2 aromatic heterocycles. The first-order valence-corrected chi connectivity index (χ1v) is 9.11. The van der Waals surface area contributed by atoms with E-state index >= 15 is 0 Å². The van der Waals surface area contributed by atoms with Crippen molar-refractivity contribution in [3.63, 3.8) is 0 Å². The van der Waals surface area contributed by atoms with Crippen molar-refractivity contribution in [3.05, 3.63) is 54.4 Å². The lowest BCUT2D eigenvalue weighted by Crippen LogP contribution is -2.44. The van der Waals surface area contributed by atoms with Crippen LogP contribution >= 0.6 is 0 Å². The molecular weight excluding hydrogens is 344 g/mol. The average molecular weight is 366 g/mol. The Kier molecular flexibility index (Phi) is 4.91. The maximum absolute atomic E-state index is 13.4. The summed E-state index contributed by atoms with van der Waals surface area (Å²) in [4.78, 5) is 15.3. The van der Waals surface area contributed by atoms with Crippen molar-refractivity contribution in [2.75, 3.05) is 13.1 Å². The predicted molar refractivity (Wildman–Crippen MR) is 96.6 cm³/mol. The van der Waals surface area contributed by atoms with Gasteiger partial charge in [-0.3, -0.25) is 4.79 Å². The van der Waals surface area contributed by atoms with Gasteiger partial charge in [0.1, 0.15) is 24.5 Å². The number of carbonyl (C=O) groups is 1. The monoisotopic (exact) mass is 366 g/mol. The van der Waals surface area contributed by atoms with E-state index in [9.17, 15) is 4.79 Å². The zero-order valence-electron chi connectivity index (χ0n) is 15.2. The molecular formula is C18H22N8O. The number of hydrogen-bond acceptors (Lipinski definition) is 6.